The SMILES string of the molecule is CCCCCCCCCCCC/C=C/CC/C=C/CC/C=C/CCCC(O)C(O)C(COC1OC(CO)C(O)C(O)C1O)NC(=O)C(O)CCCCCCCCCCCCCC/C=C\CCCCCCCCCCCCCC. The minimum Gasteiger partial charge on any atom is -0.394 e. The second-order valence-corrected chi connectivity index (χ2v) is 23.2. The Kier molecular flexibility index (Phi) is 52.8. The largest absolute Gasteiger partial charge is 0.394 e. The van der Waals surface area contributed by atoms with E-state index in [2.05, 4.69) is 67.8 Å². The van der Waals surface area contributed by atoms with Gasteiger partial charge in [-0.1, -0.05) is 262 Å². The number of allylic oxidation sites excluding steroid dienone is 8. The van der Waals surface area contributed by atoms with Gasteiger partial charge in [-0.25, -0.2) is 0 Å². The summed E-state index contributed by atoms with van der Waals surface area (Å²) in [4.78, 5) is 13.2. The smallest absolute Gasteiger partial charge is 0.249 e. The number of hydrogen-bond acceptors (Lipinski definition) is 10. The maximum Gasteiger partial charge on any atom is 0.249 e. The number of rotatable bonds is 57. The molecule has 11 heteroatoms. The van der Waals surface area contributed by atoms with Crippen LogP contribution >= 0.6 is 0 Å². The molecule has 1 aliphatic rings. The summed E-state index contributed by atoms with van der Waals surface area (Å²) in [7, 11) is 0. The van der Waals surface area contributed by atoms with Gasteiger partial charge in [0.15, 0.2) is 6.29 Å². The highest BCUT2D eigenvalue weighted by Crippen LogP contribution is 2.23. The van der Waals surface area contributed by atoms with Crippen molar-refractivity contribution in [1.29, 1.82) is 0 Å². The summed E-state index contributed by atoms with van der Waals surface area (Å²) in [5.74, 6) is -0.710. The third-order valence-electron chi connectivity index (χ3n) is 15.8. The van der Waals surface area contributed by atoms with Crippen LogP contribution in [-0.4, -0.2) is 110 Å². The van der Waals surface area contributed by atoms with Crippen LogP contribution in [0.25, 0.3) is 0 Å². The molecule has 1 aliphatic heterocycles. The summed E-state index contributed by atoms with van der Waals surface area (Å²) in [5, 5.41) is 76.3. The lowest BCUT2D eigenvalue weighted by molar-refractivity contribution is -0.303. The molecule has 9 unspecified atom stereocenters. The molecule has 0 saturated carbocycles. The highest BCUT2D eigenvalue weighted by Gasteiger charge is 2.44. The van der Waals surface area contributed by atoms with Gasteiger partial charge >= 0.3 is 0 Å². The van der Waals surface area contributed by atoms with Gasteiger partial charge in [0.25, 0.3) is 0 Å². The van der Waals surface area contributed by atoms with E-state index in [9.17, 15) is 40.5 Å². The minimum atomic E-state index is -1.67. The Bertz CT molecular complexity index is 1410. The molecule has 1 amide bonds. The summed E-state index contributed by atoms with van der Waals surface area (Å²) >= 11 is 0. The Balaban J connectivity index is 2.27. The van der Waals surface area contributed by atoms with Crippen LogP contribution in [-0.2, 0) is 14.3 Å². The Morgan fingerprint density at radius 1 is 0.436 bits per heavy atom. The number of aliphatic hydroxyl groups is 7. The molecule has 78 heavy (non-hydrogen) atoms. The highest BCUT2D eigenvalue weighted by molar-refractivity contribution is 5.80. The molecule has 8 N–H and O–H groups in total. The van der Waals surface area contributed by atoms with E-state index in [1.54, 1.807) is 0 Å². The minimum absolute atomic E-state index is 0.241. The third-order valence-corrected chi connectivity index (χ3v) is 15.8. The second-order valence-electron chi connectivity index (χ2n) is 23.2. The first-order valence-corrected chi connectivity index (χ1v) is 33.0. The van der Waals surface area contributed by atoms with Crippen molar-refractivity contribution in [3.63, 3.8) is 0 Å². The molecular weight excluding hydrogens is 979 g/mol. The van der Waals surface area contributed by atoms with Gasteiger partial charge in [-0.3, -0.25) is 4.79 Å². The number of hydrogen-bond donors (Lipinski definition) is 8. The van der Waals surface area contributed by atoms with E-state index in [1.165, 1.54) is 212 Å². The molecule has 0 radical (unpaired) electrons. The first-order valence-electron chi connectivity index (χ1n) is 33.0. The highest BCUT2D eigenvalue weighted by atomic mass is 16.7. The number of unbranched alkanes of at least 4 members (excludes halogenated alkanes) is 37. The predicted molar refractivity (Wildman–Crippen MR) is 325 cm³/mol. The lowest BCUT2D eigenvalue weighted by Gasteiger charge is -2.40. The normalized spacial score (nSPS) is 19.7. The lowest BCUT2D eigenvalue weighted by atomic mass is 9.98. The maximum absolute atomic E-state index is 13.2. The van der Waals surface area contributed by atoms with Crippen molar-refractivity contribution in [3.8, 4) is 0 Å². The monoisotopic (exact) mass is 1100 g/mol. The van der Waals surface area contributed by atoms with Gasteiger partial charge < -0.3 is 50.5 Å². The van der Waals surface area contributed by atoms with Crippen molar-refractivity contribution in [2.24, 2.45) is 0 Å². The third kappa shape index (κ3) is 42.8. The van der Waals surface area contributed by atoms with Gasteiger partial charge in [-0.05, 0) is 89.9 Å². The average molecular weight is 1100 g/mol. The molecule has 458 valence electrons. The quantitative estimate of drug-likeness (QED) is 0.0215. The van der Waals surface area contributed by atoms with Crippen LogP contribution in [0.3, 0.4) is 0 Å². The standard InChI is InChI=1S/C67H125NO10/c1-3-5-7-9-11-13-15-17-19-21-23-25-27-28-29-30-31-33-35-37-39-41-43-45-47-49-51-53-55-60(71)66(76)68-58(57-77-67-65(75)64(74)63(73)61(56-69)78-67)62(72)59(70)54-52-50-48-46-44-42-40-38-36-34-32-26-24-22-20-18-16-14-12-10-8-6-4-2/h26,28-29,32,38,40,46,48,58-65,67,69-75H,3-25,27,30-31,33-37,39,41-45,47,49-57H2,1-2H3,(H,68,76)/b29-28-,32-26+,40-38+,48-46+. The van der Waals surface area contributed by atoms with Crippen LogP contribution in [0.2, 0.25) is 0 Å². The van der Waals surface area contributed by atoms with Crippen LogP contribution in [0.1, 0.15) is 303 Å². The van der Waals surface area contributed by atoms with Gasteiger partial charge in [0.1, 0.15) is 36.6 Å². The van der Waals surface area contributed by atoms with E-state index in [-0.39, 0.29) is 12.8 Å². The Hall–Kier alpha value is -1.93. The summed E-state index contributed by atoms with van der Waals surface area (Å²) in [5.41, 5.74) is 0. The van der Waals surface area contributed by atoms with Crippen molar-refractivity contribution in [3.05, 3.63) is 48.6 Å². The van der Waals surface area contributed by atoms with Crippen LogP contribution < -0.4 is 5.32 Å². The van der Waals surface area contributed by atoms with Crippen molar-refractivity contribution in [2.45, 2.75) is 358 Å². The van der Waals surface area contributed by atoms with E-state index in [0.717, 1.165) is 44.9 Å². The fourth-order valence-electron chi connectivity index (χ4n) is 10.5. The average Bonchev–Trinajstić information content (AvgIpc) is 3.46. The number of ether oxygens (including phenoxy) is 2. The van der Waals surface area contributed by atoms with Crippen LogP contribution in [0.15, 0.2) is 48.6 Å². The molecule has 1 heterocycles. The fraction of sp³-hybridized carbons (Fsp3) is 0.866. The van der Waals surface area contributed by atoms with Gasteiger partial charge in [-0.15, -0.1) is 0 Å². The number of aliphatic hydroxyl groups excluding tert-OH is 7. The molecule has 1 saturated heterocycles. The van der Waals surface area contributed by atoms with Gasteiger partial charge in [0.05, 0.1) is 25.4 Å². The van der Waals surface area contributed by atoms with Gasteiger partial charge in [0.2, 0.25) is 5.91 Å². The van der Waals surface area contributed by atoms with Crippen LogP contribution in [0.4, 0.5) is 0 Å². The summed E-state index contributed by atoms with van der Waals surface area (Å²) in [6.45, 7) is 3.47. The first kappa shape index (κ1) is 74.1. The zero-order valence-corrected chi connectivity index (χ0v) is 50.4. The Morgan fingerprint density at radius 2 is 0.769 bits per heavy atom. The summed E-state index contributed by atoms with van der Waals surface area (Å²) in [6, 6.07) is -1.20. The second kappa shape index (κ2) is 55.6. The zero-order chi connectivity index (χ0) is 56.8. The lowest BCUT2D eigenvalue weighted by Crippen LogP contribution is -2.60. The molecule has 0 aromatic carbocycles. The molecule has 1 fully saturated rings. The van der Waals surface area contributed by atoms with Crippen LogP contribution in [0, 0.1) is 0 Å². The number of nitrogens with one attached hydrogen (secondary N) is 1. The number of carbonyl (C=O) groups is 1. The van der Waals surface area contributed by atoms with E-state index in [4.69, 9.17) is 9.47 Å². The van der Waals surface area contributed by atoms with E-state index in [0.29, 0.717) is 19.3 Å². The van der Waals surface area contributed by atoms with Gasteiger partial charge in [0, 0.05) is 0 Å². The first-order chi connectivity index (χ1) is 38.2. The molecule has 0 aromatic rings. The maximum atomic E-state index is 13.2. The molecule has 0 spiro atoms. The summed E-state index contributed by atoms with van der Waals surface area (Å²) < 4.78 is 11.2. The number of carbonyl (C=O) groups excluding carboxylic acids is 1. The van der Waals surface area contributed by atoms with Crippen molar-refractivity contribution >= 4 is 5.91 Å². The molecule has 0 aromatic heterocycles. The molecule has 1 rings (SSSR count). The topological polar surface area (TPSA) is 189 Å². The van der Waals surface area contributed by atoms with Gasteiger partial charge in [-0.2, -0.15) is 0 Å². The van der Waals surface area contributed by atoms with Crippen molar-refractivity contribution in [2.75, 3.05) is 13.2 Å². The van der Waals surface area contributed by atoms with E-state index in [1.807, 2.05) is 0 Å². The molecule has 0 aliphatic carbocycles. The number of amides is 1. The molecule has 0 bridgehead atoms. The van der Waals surface area contributed by atoms with Crippen molar-refractivity contribution in [1.82, 2.24) is 5.32 Å². The fourth-order valence-corrected chi connectivity index (χ4v) is 10.5. The van der Waals surface area contributed by atoms with E-state index >= 15 is 0 Å². The zero-order valence-electron chi connectivity index (χ0n) is 50.4. The van der Waals surface area contributed by atoms with E-state index < -0.39 is 74.2 Å². The Morgan fingerprint density at radius 3 is 1.14 bits per heavy atom. The van der Waals surface area contributed by atoms with Crippen molar-refractivity contribution < 1.29 is 50.0 Å². The van der Waals surface area contributed by atoms with Crippen LogP contribution in [0.5, 0.6) is 0 Å². The summed E-state index contributed by atoms with van der Waals surface area (Å²) in [6.07, 6.45) is 60.4. The molecule has 11 nitrogen and oxygen atoms in total. The predicted octanol–water partition coefficient (Wildman–Crippen LogP) is 15.2. The molecule has 9 atom stereocenters. The Labute approximate surface area is 479 Å². The molecular formula is C67H125NO10.